The summed E-state index contributed by atoms with van der Waals surface area (Å²) in [4.78, 5) is 11.4. The highest BCUT2D eigenvalue weighted by Crippen LogP contribution is 2.47. The van der Waals surface area contributed by atoms with E-state index in [1.165, 1.54) is 21.3 Å². The molecule has 1 aromatic carbocycles. The molecule has 0 saturated carbocycles. The molecule has 8 nitrogen and oxygen atoms in total. The molecule has 1 heterocycles. The van der Waals surface area contributed by atoms with Crippen molar-refractivity contribution in [3.8, 4) is 28.5 Å². The summed E-state index contributed by atoms with van der Waals surface area (Å²) in [5.74, 6) is 0.551. The number of halogens is 1. The van der Waals surface area contributed by atoms with Gasteiger partial charge in [0.15, 0.2) is 17.2 Å². The number of benzene rings is 1. The molecule has 9 heteroatoms. The molecule has 0 saturated heterocycles. The van der Waals surface area contributed by atoms with E-state index in [2.05, 4.69) is 31.3 Å². The van der Waals surface area contributed by atoms with Gasteiger partial charge in [0.2, 0.25) is 5.75 Å². The number of carbonyl (C=O) groups is 1. The standard InChI is InChI=1S/C12H13BrN4O4/c1-19-6-4-5(7(13)11(21-3)10(6)20-2)8-9(12(14)18)16-17-15-8/h4H,1-3H3,(H2,14,18)(H,15,16,17). The van der Waals surface area contributed by atoms with E-state index in [1.807, 2.05) is 0 Å². The number of hydrogen-bond acceptors (Lipinski definition) is 6. The topological polar surface area (TPSA) is 112 Å². The summed E-state index contributed by atoms with van der Waals surface area (Å²) < 4.78 is 16.4. The number of aromatic nitrogens is 3. The van der Waals surface area contributed by atoms with Crippen LogP contribution in [-0.4, -0.2) is 42.6 Å². The zero-order chi connectivity index (χ0) is 15.6. The lowest BCUT2D eigenvalue weighted by Gasteiger charge is -2.16. The van der Waals surface area contributed by atoms with Crippen molar-refractivity contribution in [2.45, 2.75) is 0 Å². The molecule has 0 fully saturated rings. The Morgan fingerprint density at radius 3 is 2.38 bits per heavy atom. The summed E-state index contributed by atoms with van der Waals surface area (Å²) in [7, 11) is 4.48. The van der Waals surface area contributed by atoms with Crippen LogP contribution in [0.3, 0.4) is 0 Å². The number of ether oxygens (including phenoxy) is 3. The highest BCUT2D eigenvalue weighted by molar-refractivity contribution is 9.10. The first-order valence-electron chi connectivity index (χ1n) is 5.74. The van der Waals surface area contributed by atoms with Crippen LogP contribution in [0, 0.1) is 0 Å². The molecular weight excluding hydrogens is 344 g/mol. The lowest BCUT2D eigenvalue weighted by molar-refractivity contribution is 0.0996. The van der Waals surface area contributed by atoms with Crippen molar-refractivity contribution in [1.82, 2.24) is 15.4 Å². The Labute approximate surface area is 128 Å². The van der Waals surface area contributed by atoms with Crippen molar-refractivity contribution in [2.24, 2.45) is 5.73 Å². The second kappa shape index (κ2) is 6.00. The second-order valence-corrected chi connectivity index (χ2v) is 4.68. The third-order valence-electron chi connectivity index (χ3n) is 2.81. The van der Waals surface area contributed by atoms with E-state index in [0.717, 1.165) is 0 Å². The summed E-state index contributed by atoms with van der Waals surface area (Å²) in [6, 6.07) is 1.65. The van der Waals surface area contributed by atoms with E-state index in [-0.39, 0.29) is 11.4 Å². The number of rotatable bonds is 5. The van der Waals surface area contributed by atoms with Gasteiger partial charge in [0.25, 0.3) is 5.91 Å². The van der Waals surface area contributed by atoms with E-state index in [0.29, 0.717) is 27.3 Å². The minimum absolute atomic E-state index is 0.0185. The van der Waals surface area contributed by atoms with Gasteiger partial charge in [-0.25, -0.2) is 0 Å². The molecule has 0 aliphatic heterocycles. The monoisotopic (exact) mass is 356 g/mol. The molecule has 21 heavy (non-hydrogen) atoms. The minimum Gasteiger partial charge on any atom is -0.493 e. The number of aromatic amines is 1. The molecular formula is C12H13BrN4O4. The Hall–Kier alpha value is -2.29. The number of nitrogens with zero attached hydrogens (tertiary/aromatic N) is 2. The summed E-state index contributed by atoms with van der Waals surface area (Å²) in [6.07, 6.45) is 0. The van der Waals surface area contributed by atoms with Gasteiger partial charge < -0.3 is 19.9 Å². The lowest BCUT2D eigenvalue weighted by Crippen LogP contribution is -2.13. The highest BCUT2D eigenvalue weighted by Gasteiger charge is 2.24. The van der Waals surface area contributed by atoms with Crippen LogP contribution in [0.4, 0.5) is 0 Å². The van der Waals surface area contributed by atoms with Gasteiger partial charge in [-0.05, 0) is 22.0 Å². The maximum Gasteiger partial charge on any atom is 0.271 e. The third-order valence-corrected chi connectivity index (χ3v) is 3.59. The number of nitrogens with two attached hydrogens (primary N) is 1. The molecule has 0 unspecified atom stereocenters. The molecule has 0 aliphatic rings. The van der Waals surface area contributed by atoms with Crippen LogP contribution in [0.25, 0.3) is 11.3 Å². The predicted molar refractivity (Wildman–Crippen MR) is 77.7 cm³/mol. The van der Waals surface area contributed by atoms with Gasteiger partial charge in [-0.1, -0.05) is 0 Å². The summed E-state index contributed by atoms with van der Waals surface area (Å²) in [5, 5.41) is 10.1. The first-order chi connectivity index (χ1) is 10.0. The lowest BCUT2D eigenvalue weighted by atomic mass is 10.1. The Morgan fingerprint density at radius 2 is 1.86 bits per heavy atom. The van der Waals surface area contributed by atoms with Crippen molar-refractivity contribution in [3.05, 3.63) is 16.2 Å². The molecule has 1 amide bonds. The SMILES string of the molecule is COc1cc(-c2n[nH]nc2C(N)=O)c(Br)c(OC)c1OC. The van der Waals surface area contributed by atoms with E-state index >= 15 is 0 Å². The Balaban J connectivity index is 2.75. The average molecular weight is 357 g/mol. The number of primary amides is 1. The molecule has 112 valence electrons. The van der Waals surface area contributed by atoms with Crippen molar-refractivity contribution < 1.29 is 19.0 Å². The number of H-pyrrole nitrogens is 1. The van der Waals surface area contributed by atoms with Crippen molar-refractivity contribution in [2.75, 3.05) is 21.3 Å². The first kappa shape index (κ1) is 15.1. The fraction of sp³-hybridized carbons (Fsp3) is 0.250. The van der Waals surface area contributed by atoms with E-state index < -0.39 is 5.91 Å². The first-order valence-corrected chi connectivity index (χ1v) is 6.53. The molecule has 3 N–H and O–H groups in total. The van der Waals surface area contributed by atoms with Gasteiger partial charge in [0.1, 0.15) is 5.69 Å². The van der Waals surface area contributed by atoms with Gasteiger partial charge in [-0.15, -0.1) is 0 Å². The van der Waals surface area contributed by atoms with Crippen LogP contribution in [0.5, 0.6) is 17.2 Å². The van der Waals surface area contributed by atoms with Crippen LogP contribution in [0.2, 0.25) is 0 Å². The zero-order valence-electron chi connectivity index (χ0n) is 11.6. The molecule has 2 rings (SSSR count). The Bertz CT molecular complexity index is 686. The van der Waals surface area contributed by atoms with Crippen LogP contribution in [0.15, 0.2) is 10.5 Å². The van der Waals surface area contributed by atoms with E-state index in [9.17, 15) is 4.79 Å². The normalized spacial score (nSPS) is 10.3. The second-order valence-electron chi connectivity index (χ2n) is 3.89. The molecule has 0 bridgehead atoms. The highest BCUT2D eigenvalue weighted by atomic mass is 79.9. The largest absolute Gasteiger partial charge is 0.493 e. The number of nitrogens with one attached hydrogen (secondary N) is 1. The molecule has 0 spiro atoms. The van der Waals surface area contributed by atoms with Crippen LogP contribution in [0.1, 0.15) is 10.5 Å². The molecule has 0 radical (unpaired) electrons. The van der Waals surface area contributed by atoms with Gasteiger partial charge in [-0.3, -0.25) is 4.79 Å². The number of carbonyl (C=O) groups excluding carboxylic acids is 1. The molecule has 1 aromatic heterocycles. The number of hydrogen-bond donors (Lipinski definition) is 2. The number of methoxy groups -OCH3 is 3. The maximum absolute atomic E-state index is 11.4. The summed E-state index contributed by atoms with van der Waals surface area (Å²) in [5.41, 5.74) is 6.12. The zero-order valence-corrected chi connectivity index (χ0v) is 13.1. The molecule has 0 aliphatic carbocycles. The van der Waals surface area contributed by atoms with Gasteiger partial charge in [0.05, 0.1) is 25.8 Å². The van der Waals surface area contributed by atoms with Gasteiger partial charge in [-0.2, -0.15) is 15.4 Å². The van der Waals surface area contributed by atoms with Crippen molar-refractivity contribution >= 4 is 21.8 Å². The van der Waals surface area contributed by atoms with Gasteiger partial charge >= 0.3 is 0 Å². The molecule has 0 atom stereocenters. The Kier molecular flexibility index (Phi) is 4.32. The Morgan fingerprint density at radius 1 is 1.19 bits per heavy atom. The van der Waals surface area contributed by atoms with Gasteiger partial charge in [0, 0.05) is 5.56 Å². The smallest absolute Gasteiger partial charge is 0.271 e. The van der Waals surface area contributed by atoms with Crippen LogP contribution >= 0.6 is 15.9 Å². The minimum atomic E-state index is -0.695. The number of amides is 1. The fourth-order valence-corrected chi connectivity index (χ4v) is 2.53. The average Bonchev–Trinajstić information content (AvgIpc) is 2.95. The van der Waals surface area contributed by atoms with E-state index in [1.54, 1.807) is 6.07 Å². The van der Waals surface area contributed by atoms with Crippen LogP contribution < -0.4 is 19.9 Å². The maximum atomic E-state index is 11.4. The third kappa shape index (κ3) is 2.51. The summed E-state index contributed by atoms with van der Waals surface area (Å²) in [6.45, 7) is 0. The fourth-order valence-electron chi connectivity index (χ4n) is 1.88. The predicted octanol–water partition coefficient (Wildman–Crippen LogP) is 1.36. The quantitative estimate of drug-likeness (QED) is 0.836. The molecule has 2 aromatic rings. The van der Waals surface area contributed by atoms with Crippen molar-refractivity contribution in [1.29, 1.82) is 0 Å². The van der Waals surface area contributed by atoms with E-state index in [4.69, 9.17) is 19.9 Å². The van der Waals surface area contributed by atoms with Crippen LogP contribution in [-0.2, 0) is 0 Å². The van der Waals surface area contributed by atoms with Crippen molar-refractivity contribution in [3.63, 3.8) is 0 Å². The summed E-state index contributed by atoms with van der Waals surface area (Å²) >= 11 is 3.41.